The first-order valence-electron chi connectivity index (χ1n) is 8.15. The van der Waals surface area contributed by atoms with Crippen molar-refractivity contribution in [2.24, 2.45) is 0 Å². The van der Waals surface area contributed by atoms with Gasteiger partial charge in [0.15, 0.2) is 0 Å². The largest absolute Gasteiger partial charge is 0.338 e. The lowest BCUT2D eigenvalue weighted by Crippen LogP contribution is -2.39. The zero-order valence-electron chi connectivity index (χ0n) is 14.3. The topological polar surface area (TPSA) is 76.3 Å². The van der Waals surface area contributed by atoms with Crippen molar-refractivity contribution in [3.05, 3.63) is 35.7 Å². The molecular formula is C17H23N3O3S. The van der Waals surface area contributed by atoms with Crippen molar-refractivity contribution < 1.29 is 12.9 Å². The van der Waals surface area contributed by atoms with Gasteiger partial charge in [0.2, 0.25) is 11.7 Å². The van der Waals surface area contributed by atoms with Gasteiger partial charge in [-0.05, 0) is 26.7 Å². The van der Waals surface area contributed by atoms with Crippen molar-refractivity contribution in [3.8, 4) is 11.4 Å². The molecule has 1 fully saturated rings. The fourth-order valence-electron chi connectivity index (χ4n) is 2.88. The molecule has 0 N–H and O–H groups in total. The van der Waals surface area contributed by atoms with Gasteiger partial charge >= 0.3 is 0 Å². The Labute approximate surface area is 142 Å². The highest BCUT2D eigenvalue weighted by molar-refractivity contribution is 7.90. The molecule has 0 unspecified atom stereocenters. The Bertz CT molecular complexity index is 795. The first-order chi connectivity index (χ1) is 11.3. The van der Waals surface area contributed by atoms with Crippen LogP contribution in [0, 0.1) is 6.92 Å². The van der Waals surface area contributed by atoms with Crippen molar-refractivity contribution in [2.75, 3.05) is 12.0 Å². The Morgan fingerprint density at radius 1 is 1.29 bits per heavy atom. The van der Waals surface area contributed by atoms with Gasteiger partial charge in [0, 0.05) is 23.9 Å². The van der Waals surface area contributed by atoms with Crippen LogP contribution in [0.2, 0.25) is 0 Å². The molecule has 1 saturated carbocycles. The molecule has 7 heteroatoms. The summed E-state index contributed by atoms with van der Waals surface area (Å²) in [5.41, 5.74) is 2.09. The van der Waals surface area contributed by atoms with Gasteiger partial charge in [-0.15, -0.1) is 0 Å². The highest BCUT2D eigenvalue weighted by Gasteiger charge is 2.34. The Morgan fingerprint density at radius 2 is 1.96 bits per heavy atom. The highest BCUT2D eigenvalue weighted by atomic mass is 32.2. The normalized spacial score (nSPS) is 16.5. The van der Waals surface area contributed by atoms with Crippen molar-refractivity contribution in [1.29, 1.82) is 0 Å². The molecule has 0 amide bonds. The first-order valence-corrected chi connectivity index (χ1v) is 10.2. The lowest BCUT2D eigenvalue weighted by molar-refractivity contribution is 0.177. The van der Waals surface area contributed by atoms with Crippen LogP contribution in [0.4, 0.5) is 0 Å². The van der Waals surface area contributed by atoms with Gasteiger partial charge in [-0.2, -0.15) is 4.98 Å². The van der Waals surface area contributed by atoms with Crippen LogP contribution in [0.1, 0.15) is 31.2 Å². The van der Waals surface area contributed by atoms with Crippen molar-refractivity contribution in [1.82, 2.24) is 15.0 Å². The first kappa shape index (κ1) is 17.1. The molecule has 1 aromatic heterocycles. The van der Waals surface area contributed by atoms with E-state index >= 15 is 0 Å². The number of hydrogen-bond donors (Lipinski definition) is 0. The van der Waals surface area contributed by atoms with Gasteiger partial charge in [0.05, 0.1) is 12.3 Å². The summed E-state index contributed by atoms with van der Waals surface area (Å²) in [6, 6.07) is 8.30. The van der Waals surface area contributed by atoms with E-state index in [2.05, 4.69) is 15.0 Å². The Hall–Kier alpha value is -1.73. The quantitative estimate of drug-likeness (QED) is 0.764. The van der Waals surface area contributed by atoms with E-state index in [-0.39, 0.29) is 11.8 Å². The fourth-order valence-corrected chi connectivity index (χ4v) is 3.95. The van der Waals surface area contributed by atoms with E-state index < -0.39 is 9.84 Å². The Balaban J connectivity index is 1.73. The number of sulfone groups is 1. The van der Waals surface area contributed by atoms with Crippen LogP contribution in [0.15, 0.2) is 28.8 Å². The Morgan fingerprint density at radius 3 is 2.54 bits per heavy atom. The molecule has 2 aromatic rings. The van der Waals surface area contributed by atoms with Gasteiger partial charge < -0.3 is 4.52 Å². The molecule has 24 heavy (non-hydrogen) atoms. The van der Waals surface area contributed by atoms with Crippen LogP contribution < -0.4 is 0 Å². The van der Waals surface area contributed by atoms with E-state index in [1.54, 1.807) is 0 Å². The van der Waals surface area contributed by atoms with Crippen molar-refractivity contribution in [2.45, 2.75) is 45.3 Å². The molecule has 6 nitrogen and oxygen atoms in total. The lowest BCUT2D eigenvalue weighted by Gasteiger charge is -2.26. The molecule has 1 heterocycles. The third-order valence-corrected chi connectivity index (χ3v) is 5.31. The Kier molecular flexibility index (Phi) is 4.73. The third-order valence-electron chi connectivity index (χ3n) is 4.22. The summed E-state index contributed by atoms with van der Waals surface area (Å²) in [6.07, 6.45) is 3.46. The maximum absolute atomic E-state index is 11.6. The summed E-state index contributed by atoms with van der Waals surface area (Å²) >= 11 is 0. The molecule has 1 aliphatic rings. The summed E-state index contributed by atoms with van der Waals surface area (Å²) in [5, 5.41) is 4.05. The minimum atomic E-state index is -3.02. The van der Waals surface area contributed by atoms with Gasteiger partial charge in [-0.3, -0.25) is 4.90 Å². The second-order valence-electron chi connectivity index (χ2n) is 6.72. The summed E-state index contributed by atoms with van der Waals surface area (Å²) < 4.78 is 28.5. The van der Waals surface area contributed by atoms with Crippen LogP contribution in [-0.2, 0) is 16.4 Å². The number of rotatable bonds is 7. The number of hydrogen-bond acceptors (Lipinski definition) is 6. The van der Waals surface area contributed by atoms with Gasteiger partial charge in [0.25, 0.3) is 0 Å². The summed E-state index contributed by atoms with van der Waals surface area (Å²) in [6.45, 7) is 4.46. The molecule has 3 rings (SSSR count). The summed E-state index contributed by atoms with van der Waals surface area (Å²) in [4.78, 5) is 6.63. The highest BCUT2D eigenvalue weighted by Crippen LogP contribution is 2.30. The molecule has 1 atom stereocenters. The smallest absolute Gasteiger partial charge is 0.241 e. The second-order valence-corrected chi connectivity index (χ2v) is 8.91. The van der Waals surface area contributed by atoms with E-state index in [1.807, 2.05) is 38.1 Å². The minimum absolute atomic E-state index is 0.0674. The number of nitrogens with zero attached hydrogens (tertiary/aromatic N) is 3. The van der Waals surface area contributed by atoms with Crippen LogP contribution in [0.3, 0.4) is 0 Å². The van der Waals surface area contributed by atoms with Gasteiger partial charge in [-0.1, -0.05) is 35.0 Å². The van der Waals surface area contributed by atoms with E-state index in [9.17, 15) is 8.42 Å². The second kappa shape index (κ2) is 6.64. The maximum atomic E-state index is 11.6. The standard InChI is InChI=1S/C17H23N3O3S/c1-12-4-6-14(7-5-12)17-18-16(23-19-17)10-20(15-8-9-15)13(2)11-24(3,21)22/h4-7,13,15H,8-11H2,1-3H3/t13-/m0/s1. The molecule has 1 aliphatic carbocycles. The van der Waals surface area contributed by atoms with Crippen LogP contribution in [-0.4, -0.2) is 47.6 Å². The number of aryl methyl sites for hydroxylation is 1. The minimum Gasteiger partial charge on any atom is -0.338 e. The monoisotopic (exact) mass is 349 g/mol. The predicted octanol–water partition coefficient (Wildman–Crippen LogP) is 2.44. The maximum Gasteiger partial charge on any atom is 0.241 e. The van der Waals surface area contributed by atoms with E-state index in [0.29, 0.717) is 24.3 Å². The molecule has 1 aromatic carbocycles. The molecule has 0 aliphatic heterocycles. The summed E-state index contributed by atoms with van der Waals surface area (Å²) in [7, 11) is -3.02. The average molecular weight is 349 g/mol. The van der Waals surface area contributed by atoms with Crippen molar-refractivity contribution in [3.63, 3.8) is 0 Å². The lowest BCUT2D eigenvalue weighted by atomic mass is 10.1. The molecule has 0 radical (unpaired) electrons. The van der Waals surface area contributed by atoms with E-state index in [1.165, 1.54) is 11.8 Å². The van der Waals surface area contributed by atoms with Gasteiger partial charge in [0.1, 0.15) is 9.84 Å². The molecule has 0 saturated heterocycles. The number of benzene rings is 1. The molecular weight excluding hydrogens is 326 g/mol. The predicted molar refractivity (Wildman–Crippen MR) is 92.2 cm³/mol. The zero-order chi connectivity index (χ0) is 17.3. The zero-order valence-corrected chi connectivity index (χ0v) is 15.1. The van der Waals surface area contributed by atoms with E-state index in [0.717, 1.165) is 18.4 Å². The van der Waals surface area contributed by atoms with Gasteiger partial charge in [-0.25, -0.2) is 8.42 Å². The SMILES string of the molecule is Cc1ccc(-c2noc(CN(C3CC3)[C@@H](C)CS(C)(=O)=O)n2)cc1. The molecule has 0 spiro atoms. The fraction of sp³-hybridized carbons (Fsp3) is 0.529. The van der Waals surface area contributed by atoms with Crippen LogP contribution in [0.5, 0.6) is 0 Å². The molecule has 130 valence electrons. The van der Waals surface area contributed by atoms with E-state index in [4.69, 9.17) is 4.52 Å². The van der Waals surface area contributed by atoms with Crippen LogP contribution >= 0.6 is 0 Å². The molecule has 0 bridgehead atoms. The summed E-state index contributed by atoms with van der Waals surface area (Å²) in [5.74, 6) is 1.23. The third kappa shape index (κ3) is 4.42. The number of aromatic nitrogens is 2. The van der Waals surface area contributed by atoms with Crippen molar-refractivity contribution >= 4 is 9.84 Å². The average Bonchev–Trinajstić information content (AvgIpc) is 3.22. The van der Waals surface area contributed by atoms with Crippen LogP contribution in [0.25, 0.3) is 11.4 Å².